The van der Waals surface area contributed by atoms with Gasteiger partial charge in [-0.25, -0.2) is 4.98 Å². The Hall–Kier alpha value is -2.26. The van der Waals surface area contributed by atoms with E-state index in [0.29, 0.717) is 24.5 Å². The van der Waals surface area contributed by atoms with Crippen LogP contribution >= 0.6 is 15.9 Å². The van der Waals surface area contributed by atoms with Gasteiger partial charge in [0.1, 0.15) is 11.9 Å². The summed E-state index contributed by atoms with van der Waals surface area (Å²) in [5.74, 6) is 1.98. The third-order valence-corrected chi connectivity index (χ3v) is 3.68. The fraction of sp³-hybridized carbons (Fsp3) is 0.294. The highest BCUT2D eigenvalue weighted by Gasteiger charge is 2.11. The van der Waals surface area contributed by atoms with E-state index in [9.17, 15) is 0 Å². The van der Waals surface area contributed by atoms with Gasteiger partial charge in [0.2, 0.25) is 0 Å². The van der Waals surface area contributed by atoms with Crippen molar-refractivity contribution in [3.8, 4) is 17.6 Å². The summed E-state index contributed by atoms with van der Waals surface area (Å²) in [6.45, 7) is 2.50. The van der Waals surface area contributed by atoms with Crippen LogP contribution in [0.4, 0.5) is 5.82 Å². The van der Waals surface area contributed by atoms with Crippen molar-refractivity contribution in [2.75, 3.05) is 12.4 Å². The number of aromatic nitrogens is 1. The highest BCUT2D eigenvalue weighted by Crippen LogP contribution is 2.29. The van der Waals surface area contributed by atoms with E-state index in [1.165, 1.54) is 0 Å². The summed E-state index contributed by atoms with van der Waals surface area (Å²) in [4.78, 5) is 4.27. The van der Waals surface area contributed by atoms with E-state index in [1.807, 2.05) is 37.3 Å². The molecular formula is C17H18BrN3O2. The number of pyridine rings is 1. The third kappa shape index (κ3) is 4.86. The molecule has 0 amide bonds. The molecule has 2 aromatic rings. The fourth-order valence-electron chi connectivity index (χ4n) is 1.95. The Morgan fingerprint density at radius 1 is 1.30 bits per heavy atom. The topological polar surface area (TPSA) is 67.2 Å². The smallest absolute Gasteiger partial charge is 0.184 e. The number of nitrogens with one attached hydrogen (secondary N) is 1. The van der Waals surface area contributed by atoms with Gasteiger partial charge in [-0.3, -0.25) is 0 Å². The molecule has 2 rings (SSSR count). The number of halogens is 1. The monoisotopic (exact) mass is 375 g/mol. The molecule has 0 spiro atoms. The van der Waals surface area contributed by atoms with Gasteiger partial charge in [0.15, 0.2) is 17.6 Å². The van der Waals surface area contributed by atoms with Gasteiger partial charge in [-0.1, -0.05) is 13.0 Å². The Labute approximate surface area is 144 Å². The standard InChI is InChI=1S/C17H18BrN3O2/c1-3-14(9-19)23-16-8-12(4-6-15(16)22-2)10-20-17-7-5-13(18)11-21-17/h4-8,11,14H,3,10H2,1-2H3,(H,20,21). The molecule has 1 aromatic heterocycles. The molecule has 23 heavy (non-hydrogen) atoms. The predicted octanol–water partition coefficient (Wildman–Crippen LogP) is 4.15. The van der Waals surface area contributed by atoms with Gasteiger partial charge >= 0.3 is 0 Å². The van der Waals surface area contributed by atoms with Crippen LogP contribution in [0.3, 0.4) is 0 Å². The quantitative estimate of drug-likeness (QED) is 0.787. The molecule has 6 heteroatoms. The van der Waals surface area contributed by atoms with Gasteiger partial charge in [0, 0.05) is 17.2 Å². The van der Waals surface area contributed by atoms with Crippen molar-refractivity contribution in [3.05, 3.63) is 46.6 Å². The number of rotatable bonds is 7. The zero-order valence-electron chi connectivity index (χ0n) is 13.0. The number of nitriles is 1. The normalized spacial score (nSPS) is 11.4. The first-order valence-electron chi connectivity index (χ1n) is 7.25. The van der Waals surface area contributed by atoms with Crippen molar-refractivity contribution >= 4 is 21.7 Å². The summed E-state index contributed by atoms with van der Waals surface area (Å²) in [5.41, 5.74) is 1.01. The largest absolute Gasteiger partial charge is 0.493 e. The Balaban J connectivity index is 2.10. The summed E-state index contributed by atoms with van der Waals surface area (Å²) >= 11 is 3.36. The molecule has 1 N–H and O–H groups in total. The van der Waals surface area contributed by atoms with Crippen LogP contribution in [0, 0.1) is 11.3 Å². The van der Waals surface area contributed by atoms with Crippen molar-refractivity contribution in [1.82, 2.24) is 4.98 Å². The minimum absolute atomic E-state index is 0.486. The number of benzene rings is 1. The summed E-state index contributed by atoms with van der Waals surface area (Å²) in [5, 5.41) is 12.3. The average Bonchev–Trinajstić information content (AvgIpc) is 2.59. The van der Waals surface area contributed by atoms with Crippen LogP contribution in [-0.4, -0.2) is 18.2 Å². The lowest BCUT2D eigenvalue weighted by molar-refractivity contribution is 0.238. The average molecular weight is 376 g/mol. The van der Waals surface area contributed by atoms with E-state index in [1.54, 1.807) is 13.3 Å². The minimum atomic E-state index is -0.486. The first-order valence-corrected chi connectivity index (χ1v) is 8.04. The molecule has 0 saturated heterocycles. The van der Waals surface area contributed by atoms with Gasteiger partial charge in [-0.05, 0) is 52.2 Å². The van der Waals surface area contributed by atoms with Crippen molar-refractivity contribution in [2.24, 2.45) is 0 Å². The van der Waals surface area contributed by atoms with Crippen molar-refractivity contribution in [1.29, 1.82) is 5.26 Å². The molecule has 0 aliphatic rings. The van der Waals surface area contributed by atoms with E-state index < -0.39 is 6.10 Å². The van der Waals surface area contributed by atoms with E-state index in [-0.39, 0.29) is 0 Å². The number of ether oxygens (including phenoxy) is 2. The van der Waals surface area contributed by atoms with E-state index in [0.717, 1.165) is 15.9 Å². The number of methoxy groups -OCH3 is 1. The SMILES string of the molecule is CCC(C#N)Oc1cc(CNc2ccc(Br)cn2)ccc1OC. The van der Waals surface area contributed by atoms with Crippen molar-refractivity contribution in [3.63, 3.8) is 0 Å². The molecule has 1 aromatic carbocycles. The fourth-order valence-corrected chi connectivity index (χ4v) is 2.18. The maximum atomic E-state index is 9.05. The number of anilines is 1. The summed E-state index contributed by atoms with van der Waals surface area (Å²) < 4.78 is 11.9. The Kier molecular flexibility index (Phi) is 6.24. The molecule has 0 aliphatic heterocycles. The number of hydrogen-bond acceptors (Lipinski definition) is 5. The van der Waals surface area contributed by atoms with Gasteiger partial charge in [0.05, 0.1) is 7.11 Å². The lowest BCUT2D eigenvalue weighted by Crippen LogP contribution is -2.13. The maximum Gasteiger partial charge on any atom is 0.184 e. The van der Waals surface area contributed by atoms with Crippen LogP contribution in [0.15, 0.2) is 41.0 Å². The van der Waals surface area contributed by atoms with Crippen LogP contribution in [0.1, 0.15) is 18.9 Å². The summed E-state index contributed by atoms with van der Waals surface area (Å²) in [7, 11) is 1.58. The zero-order valence-corrected chi connectivity index (χ0v) is 14.6. The third-order valence-electron chi connectivity index (χ3n) is 3.21. The molecular weight excluding hydrogens is 358 g/mol. The zero-order chi connectivity index (χ0) is 16.7. The van der Waals surface area contributed by atoms with Gasteiger partial charge in [0.25, 0.3) is 0 Å². The Bertz CT molecular complexity index is 683. The second-order valence-corrected chi connectivity index (χ2v) is 5.76. The lowest BCUT2D eigenvalue weighted by atomic mass is 10.2. The highest BCUT2D eigenvalue weighted by molar-refractivity contribution is 9.10. The number of nitrogens with zero attached hydrogens (tertiary/aromatic N) is 2. The van der Waals surface area contributed by atoms with Gasteiger partial charge in [-0.2, -0.15) is 5.26 Å². The first-order chi connectivity index (χ1) is 11.2. The van der Waals surface area contributed by atoms with Gasteiger partial charge in [-0.15, -0.1) is 0 Å². The summed E-state index contributed by atoms with van der Waals surface area (Å²) in [6.07, 6.45) is 1.87. The molecule has 0 aliphatic carbocycles. The maximum absolute atomic E-state index is 9.05. The second kappa shape index (κ2) is 8.39. The predicted molar refractivity (Wildman–Crippen MR) is 92.6 cm³/mol. The molecule has 1 unspecified atom stereocenters. The second-order valence-electron chi connectivity index (χ2n) is 4.84. The van der Waals surface area contributed by atoms with Crippen LogP contribution in [0.5, 0.6) is 11.5 Å². The van der Waals surface area contributed by atoms with E-state index in [2.05, 4.69) is 32.3 Å². The molecule has 0 saturated carbocycles. The molecule has 0 fully saturated rings. The van der Waals surface area contributed by atoms with Crippen LogP contribution in [-0.2, 0) is 6.54 Å². The minimum Gasteiger partial charge on any atom is -0.493 e. The Morgan fingerprint density at radius 3 is 2.74 bits per heavy atom. The van der Waals surface area contributed by atoms with Crippen molar-refractivity contribution in [2.45, 2.75) is 26.0 Å². The molecule has 0 bridgehead atoms. The van der Waals surface area contributed by atoms with Crippen molar-refractivity contribution < 1.29 is 9.47 Å². The molecule has 120 valence electrons. The van der Waals surface area contributed by atoms with E-state index >= 15 is 0 Å². The lowest BCUT2D eigenvalue weighted by Gasteiger charge is -2.15. The molecule has 0 radical (unpaired) electrons. The van der Waals surface area contributed by atoms with Gasteiger partial charge < -0.3 is 14.8 Å². The summed E-state index contributed by atoms with van der Waals surface area (Å²) in [6, 6.07) is 11.6. The first kappa shape index (κ1) is 17.1. The van der Waals surface area contributed by atoms with Crippen LogP contribution < -0.4 is 14.8 Å². The molecule has 5 nitrogen and oxygen atoms in total. The molecule has 1 atom stereocenters. The molecule has 1 heterocycles. The van der Waals surface area contributed by atoms with Crippen LogP contribution in [0.2, 0.25) is 0 Å². The van der Waals surface area contributed by atoms with E-state index in [4.69, 9.17) is 14.7 Å². The highest BCUT2D eigenvalue weighted by atomic mass is 79.9. The number of hydrogen-bond donors (Lipinski definition) is 1. The van der Waals surface area contributed by atoms with Crippen LogP contribution in [0.25, 0.3) is 0 Å². The Morgan fingerprint density at radius 2 is 2.13 bits per heavy atom.